The maximum absolute atomic E-state index is 12.4. The van der Waals surface area contributed by atoms with Crippen molar-refractivity contribution in [3.63, 3.8) is 0 Å². The second-order valence-corrected chi connectivity index (χ2v) is 8.25. The number of carbonyl (C=O) groups excluding carboxylic acids is 1. The lowest BCUT2D eigenvalue weighted by atomic mass is 10.1. The minimum absolute atomic E-state index is 0.137. The first kappa shape index (κ1) is 19.1. The number of nitrogens with zero attached hydrogens (tertiary/aromatic N) is 1. The Bertz CT molecular complexity index is 843. The van der Waals surface area contributed by atoms with Crippen molar-refractivity contribution in [3.05, 3.63) is 65.2 Å². The minimum atomic E-state index is -3.54. The number of amides is 1. The average Bonchev–Trinajstić information content (AvgIpc) is 2.60. The summed E-state index contributed by atoms with van der Waals surface area (Å²) in [5.74, 6) is -0.232. The Morgan fingerprint density at radius 1 is 1.08 bits per heavy atom. The number of hydrogen-bond donors (Lipinski definition) is 1. The number of hydrogen-bond acceptors (Lipinski definition) is 3. The molecular weight excluding hydrogens is 336 g/mol. The highest BCUT2D eigenvalue weighted by Crippen LogP contribution is 2.17. The average molecular weight is 360 g/mol. The van der Waals surface area contributed by atoms with E-state index in [-0.39, 0.29) is 16.8 Å². The number of benzene rings is 2. The predicted octanol–water partition coefficient (Wildman–Crippen LogP) is 2.95. The third kappa shape index (κ3) is 4.46. The molecule has 0 bridgehead atoms. The van der Waals surface area contributed by atoms with E-state index in [1.54, 1.807) is 7.05 Å². The third-order valence-electron chi connectivity index (χ3n) is 4.22. The first-order chi connectivity index (χ1) is 11.7. The van der Waals surface area contributed by atoms with E-state index in [1.807, 2.05) is 45.0 Å². The molecule has 134 valence electrons. The van der Waals surface area contributed by atoms with Crippen LogP contribution >= 0.6 is 0 Å². The fourth-order valence-corrected chi connectivity index (χ4v) is 3.68. The van der Waals surface area contributed by atoms with Gasteiger partial charge in [-0.3, -0.25) is 4.79 Å². The fraction of sp³-hybridized carbons (Fsp3) is 0.316. The van der Waals surface area contributed by atoms with Crippen LogP contribution < -0.4 is 5.32 Å². The summed E-state index contributed by atoms with van der Waals surface area (Å²) < 4.78 is 26.2. The van der Waals surface area contributed by atoms with Gasteiger partial charge in [-0.2, -0.15) is 4.31 Å². The molecule has 25 heavy (non-hydrogen) atoms. The number of carbonyl (C=O) groups is 1. The summed E-state index contributed by atoms with van der Waals surface area (Å²) in [5.41, 5.74) is 2.59. The van der Waals surface area contributed by atoms with Gasteiger partial charge in [-0.05, 0) is 56.2 Å². The van der Waals surface area contributed by atoms with Gasteiger partial charge in [-0.25, -0.2) is 8.42 Å². The van der Waals surface area contributed by atoms with Crippen molar-refractivity contribution in [2.24, 2.45) is 0 Å². The molecule has 0 saturated carbocycles. The molecule has 0 saturated heterocycles. The van der Waals surface area contributed by atoms with Crippen molar-refractivity contribution >= 4 is 15.9 Å². The van der Waals surface area contributed by atoms with Crippen molar-refractivity contribution in [1.29, 1.82) is 0 Å². The van der Waals surface area contributed by atoms with E-state index in [2.05, 4.69) is 5.32 Å². The molecule has 0 atom stereocenters. The Labute approximate surface area is 149 Å². The summed E-state index contributed by atoms with van der Waals surface area (Å²) in [6.07, 6.45) is 0. The maximum Gasteiger partial charge on any atom is 0.251 e. The van der Waals surface area contributed by atoms with Gasteiger partial charge in [0.05, 0.1) is 4.90 Å². The summed E-state index contributed by atoms with van der Waals surface area (Å²) in [5, 5.41) is 2.86. The van der Waals surface area contributed by atoms with Gasteiger partial charge in [0.2, 0.25) is 10.0 Å². The minimum Gasteiger partial charge on any atom is -0.348 e. The maximum atomic E-state index is 12.4. The van der Waals surface area contributed by atoms with Crippen LogP contribution in [0.2, 0.25) is 0 Å². The van der Waals surface area contributed by atoms with Crippen molar-refractivity contribution < 1.29 is 13.2 Å². The molecule has 0 spiro atoms. The molecule has 6 heteroatoms. The van der Waals surface area contributed by atoms with Gasteiger partial charge in [0.25, 0.3) is 5.91 Å². The van der Waals surface area contributed by atoms with Crippen LogP contribution in [0, 0.1) is 6.92 Å². The second kappa shape index (κ2) is 7.80. The number of aryl methyl sites for hydroxylation is 1. The zero-order chi connectivity index (χ0) is 18.6. The molecule has 0 radical (unpaired) electrons. The highest BCUT2D eigenvalue weighted by Gasteiger charge is 2.23. The van der Waals surface area contributed by atoms with Gasteiger partial charge in [-0.1, -0.05) is 24.3 Å². The van der Waals surface area contributed by atoms with Gasteiger partial charge in [0.15, 0.2) is 0 Å². The van der Waals surface area contributed by atoms with E-state index in [4.69, 9.17) is 0 Å². The quantitative estimate of drug-likeness (QED) is 0.861. The molecule has 2 aromatic rings. The lowest BCUT2D eigenvalue weighted by Gasteiger charge is -2.21. The molecule has 0 heterocycles. The Morgan fingerprint density at radius 2 is 1.68 bits per heavy atom. The topological polar surface area (TPSA) is 66.5 Å². The molecule has 0 aromatic heterocycles. The van der Waals surface area contributed by atoms with Gasteiger partial charge in [0.1, 0.15) is 0 Å². The zero-order valence-electron chi connectivity index (χ0n) is 15.0. The monoisotopic (exact) mass is 360 g/mol. The lowest BCUT2D eigenvalue weighted by molar-refractivity contribution is 0.0950. The number of rotatable bonds is 6. The van der Waals surface area contributed by atoms with Crippen LogP contribution in [0.3, 0.4) is 0 Å². The zero-order valence-corrected chi connectivity index (χ0v) is 15.8. The van der Waals surface area contributed by atoms with Gasteiger partial charge in [-0.15, -0.1) is 0 Å². The lowest BCUT2D eigenvalue weighted by Crippen LogP contribution is -2.33. The predicted molar refractivity (Wildman–Crippen MR) is 98.9 cm³/mol. The van der Waals surface area contributed by atoms with Crippen molar-refractivity contribution in [2.75, 3.05) is 7.05 Å². The van der Waals surface area contributed by atoms with E-state index in [9.17, 15) is 13.2 Å². The van der Waals surface area contributed by atoms with Crippen LogP contribution in [0.4, 0.5) is 0 Å². The summed E-state index contributed by atoms with van der Waals surface area (Å²) in [7, 11) is -2.00. The van der Waals surface area contributed by atoms with Gasteiger partial charge < -0.3 is 5.32 Å². The van der Waals surface area contributed by atoms with Crippen LogP contribution in [-0.4, -0.2) is 31.7 Å². The Hall–Kier alpha value is -2.18. The molecule has 0 unspecified atom stereocenters. The summed E-state index contributed by atoms with van der Waals surface area (Å²) in [6, 6.07) is 13.7. The molecule has 0 aliphatic heterocycles. The van der Waals surface area contributed by atoms with E-state index >= 15 is 0 Å². The summed E-state index contributed by atoms with van der Waals surface area (Å²) >= 11 is 0. The van der Waals surface area contributed by atoms with E-state index in [1.165, 1.54) is 28.6 Å². The van der Waals surface area contributed by atoms with E-state index in [0.717, 1.165) is 11.1 Å². The SMILES string of the molecule is Cc1ccccc1CNC(=O)c1ccc(S(=O)(=O)N(C)C(C)C)cc1. The fourth-order valence-electron chi connectivity index (χ4n) is 2.31. The van der Waals surface area contributed by atoms with Crippen LogP contribution in [0.1, 0.15) is 35.3 Å². The van der Waals surface area contributed by atoms with Gasteiger partial charge in [0, 0.05) is 25.2 Å². The normalized spacial score (nSPS) is 11.8. The first-order valence-corrected chi connectivity index (χ1v) is 9.58. The summed E-state index contributed by atoms with van der Waals surface area (Å²) in [4.78, 5) is 12.4. The van der Waals surface area contributed by atoms with E-state index in [0.29, 0.717) is 12.1 Å². The Kier molecular flexibility index (Phi) is 5.98. The molecule has 0 aliphatic rings. The second-order valence-electron chi connectivity index (χ2n) is 6.25. The molecular formula is C19H24N2O3S. The Morgan fingerprint density at radius 3 is 2.24 bits per heavy atom. The molecule has 0 fully saturated rings. The highest BCUT2D eigenvalue weighted by molar-refractivity contribution is 7.89. The van der Waals surface area contributed by atoms with E-state index < -0.39 is 10.0 Å². The van der Waals surface area contributed by atoms with Crippen molar-refractivity contribution in [1.82, 2.24) is 9.62 Å². The molecule has 1 amide bonds. The number of sulfonamides is 1. The molecule has 2 rings (SSSR count). The smallest absolute Gasteiger partial charge is 0.251 e. The summed E-state index contributed by atoms with van der Waals surface area (Å²) in [6.45, 7) is 6.05. The highest BCUT2D eigenvalue weighted by atomic mass is 32.2. The van der Waals surface area contributed by atoms with Crippen molar-refractivity contribution in [3.8, 4) is 0 Å². The Balaban J connectivity index is 2.09. The largest absolute Gasteiger partial charge is 0.348 e. The molecule has 0 aliphatic carbocycles. The van der Waals surface area contributed by atoms with Crippen LogP contribution in [0.25, 0.3) is 0 Å². The first-order valence-electron chi connectivity index (χ1n) is 8.14. The van der Waals surface area contributed by atoms with Crippen LogP contribution in [0.15, 0.2) is 53.4 Å². The van der Waals surface area contributed by atoms with Crippen LogP contribution in [0.5, 0.6) is 0 Å². The van der Waals surface area contributed by atoms with Gasteiger partial charge >= 0.3 is 0 Å². The standard InChI is InChI=1S/C19H24N2O3S/c1-14(2)21(4)25(23,24)18-11-9-16(10-12-18)19(22)20-13-17-8-6-5-7-15(17)3/h5-12,14H,13H2,1-4H3,(H,20,22). The molecule has 1 N–H and O–H groups in total. The number of nitrogens with one attached hydrogen (secondary N) is 1. The van der Waals surface area contributed by atoms with Crippen LogP contribution in [-0.2, 0) is 16.6 Å². The molecule has 5 nitrogen and oxygen atoms in total. The third-order valence-corrected chi connectivity index (χ3v) is 6.27. The molecule has 2 aromatic carbocycles. The van der Waals surface area contributed by atoms with Crippen molar-refractivity contribution in [2.45, 2.75) is 38.3 Å².